The van der Waals surface area contributed by atoms with E-state index < -0.39 is 12.0 Å². The van der Waals surface area contributed by atoms with Gasteiger partial charge in [0.15, 0.2) is 0 Å². The van der Waals surface area contributed by atoms with Crippen molar-refractivity contribution in [1.29, 1.82) is 0 Å². The normalized spacial score (nSPS) is 12.2. The number of carbonyl (C=O) groups is 1. The summed E-state index contributed by atoms with van der Waals surface area (Å²) < 4.78 is 0. The highest BCUT2D eigenvalue weighted by Crippen LogP contribution is 2.21. The molecule has 17 heavy (non-hydrogen) atoms. The predicted octanol–water partition coefficient (Wildman–Crippen LogP) is 1.65. The smallest absolute Gasteiger partial charge is 0.322 e. The van der Waals surface area contributed by atoms with E-state index in [4.69, 9.17) is 10.8 Å². The van der Waals surface area contributed by atoms with Crippen LogP contribution >= 0.6 is 11.8 Å². The Morgan fingerprint density at radius 1 is 1.47 bits per heavy atom. The van der Waals surface area contributed by atoms with Crippen LogP contribution in [-0.2, 0) is 4.79 Å². The van der Waals surface area contributed by atoms with E-state index in [1.54, 1.807) is 11.8 Å². The lowest BCUT2D eigenvalue weighted by atomic mass is 10.2. The van der Waals surface area contributed by atoms with Gasteiger partial charge in [0.2, 0.25) is 0 Å². The molecule has 0 bridgehead atoms. The van der Waals surface area contributed by atoms with E-state index >= 15 is 0 Å². The molecular formula is C12H18N2O2S. The van der Waals surface area contributed by atoms with Gasteiger partial charge in [0.05, 0.1) is 0 Å². The largest absolute Gasteiger partial charge is 0.480 e. The Bertz CT molecular complexity index is 367. The summed E-state index contributed by atoms with van der Waals surface area (Å²) in [4.78, 5) is 13.7. The van der Waals surface area contributed by atoms with Gasteiger partial charge in [-0.2, -0.15) is 0 Å². The van der Waals surface area contributed by atoms with Gasteiger partial charge in [-0.05, 0) is 30.0 Å². The molecule has 0 radical (unpaired) electrons. The summed E-state index contributed by atoms with van der Waals surface area (Å²) in [5.74, 6) is 0.0639. The van der Waals surface area contributed by atoms with E-state index in [1.807, 2.05) is 36.2 Å². The number of hydrogen-bond donors (Lipinski definition) is 2. The summed E-state index contributed by atoms with van der Waals surface area (Å²) in [5, 5.41) is 8.74. The van der Waals surface area contributed by atoms with Crippen molar-refractivity contribution in [3.05, 3.63) is 24.3 Å². The van der Waals surface area contributed by atoms with E-state index in [-0.39, 0.29) is 0 Å². The predicted molar refractivity (Wildman–Crippen MR) is 71.7 cm³/mol. The Balaban J connectivity index is 2.63. The Labute approximate surface area is 106 Å². The quantitative estimate of drug-likeness (QED) is 0.756. The van der Waals surface area contributed by atoms with Crippen LogP contribution in [0.1, 0.15) is 6.92 Å². The molecule has 0 saturated carbocycles. The Morgan fingerprint density at radius 3 is 2.53 bits per heavy atom. The number of nitrogens with two attached hydrogens (primary N) is 1. The standard InChI is InChI=1S/C12H18N2O2S/c1-3-17-10-6-4-9(5-7-10)14(2)8-11(13)12(15)16/h4-7,11H,3,8,13H2,1-2H3,(H,15,16). The lowest BCUT2D eigenvalue weighted by Crippen LogP contribution is -2.41. The van der Waals surface area contributed by atoms with Crippen molar-refractivity contribution in [1.82, 2.24) is 0 Å². The number of hydrogen-bond acceptors (Lipinski definition) is 4. The second-order valence-electron chi connectivity index (χ2n) is 3.75. The molecule has 4 nitrogen and oxygen atoms in total. The molecule has 1 rings (SSSR count). The second kappa shape index (κ2) is 6.51. The van der Waals surface area contributed by atoms with E-state index in [1.165, 1.54) is 4.90 Å². The van der Waals surface area contributed by atoms with Crippen molar-refractivity contribution >= 4 is 23.4 Å². The molecule has 94 valence electrons. The van der Waals surface area contributed by atoms with Gasteiger partial charge in [-0.25, -0.2) is 0 Å². The Kier molecular flexibility index (Phi) is 5.31. The van der Waals surface area contributed by atoms with Crippen LogP contribution < -0.4 is 10.6 Å². The van der Waals surface area contributed by atoms with Gasteiger partial charge in [-0.1, -0.05) is 6.92 Å². The van der Waals surface area contributed by atoms with Crippen molar-refractivity contribution in [2.24, 2.45) is 5.73 Å². The highest BCUT2D eigenvalue weighted by atomic mass is 32.2. The molecular weight excluding hydrogens is 236 g/mol. The summed E-state index contributed by atoms with van der Waals surface area (Å²) in [7, 11) is 1.84. The zero-order valence-corrected chi connectivity index (χ0v) is 10.9. The van der Waals surface area contributed by atoms with Gasteiger partial charge < -0.3 is 15.7 Å². The minimum Gasteiger partial charge on any atom is -0.480 e. The SMILES string of the molecule is CCSc1ccc(N(C)CC(N)C(=O)O)cc1. The molecule has 0 aromatic heterocycles. The van der Waals surface area contributed by atoms with Crippen LogP contribution in [0.25, 0.3) is 0 Å². The molecule has 3 N–H and O–H groups in total. The van der Waals surface area contributed by atoms with Crippen molar-refractivity contribution in [2.75, 3.05) is 24.2 Å². The van der Waals surface area contributed by atoms with Crippen LogP contribution in [0.4, 0.5) is 5.69 Å². The first kappa shape index (κ1) is 13.9. The van der Waals surface area contributed by atoms with Crippen molar-refractivity contribution < 1.29 is 9.90 Å². The summed E-state index contributed by atoms with van der Waals surface area (Å²) in [6, 6.07) is 7.17. The summed E-state index contributed by atoms with van der Waals surface area (Å²) in [6.45, 7) is 2.41. The van der Waals surface area contributed by atoms with Crippen LogP contribution in [0.3, 0.4) is 0 Å². The number of nitrogens with zero attached hydrogens (tertiary/aromatic N) is 1. The average molecular weight is 254 g/mol. The molecule has 1 unspecified atom stereocenters. The highest BCUT2D eigenvalue weighted by Gasteiger charge is 2.14. The average Bonchev–Trinajstić information content (AvgIpc) is 2.30. The van der Waals surface area contributed by atoms with Gasteiger partial charge >= 0.3 is 5.97 Å². The zero-order valence-electron chi connectivity index (χ0n) is 10.1. The molecule has 0 aliphatic carbocycles. The molecule has 0 spiro atoms. The molecule has 1 aromatic rings. The van der Waals surface area contributed by atoms with Crippen LogP contribution in [0.15, 0.2) is 29.2 Å². The minimum atomic E-state index is -0.977. The van der Waals surface area contributed by atoms with E-state index in [9.17, 15) is 4.79 Å². The number of aliphatic carboxylic acids is 1. The van der Waals surface area contributed by atoms with Crippen LogP contribution in [0.5, 0.6) is 0 Å². The number of carboxylic acid groups (broad SMARTS) is 1. The fourth-order valence-electron chi connectivity index (χ4n) is 1.44. The molecule has 0 aliphatic heterocycles. The lowest BCUT2D eigenvalue weighted by Gasteiger charge is -2.21. The van der Waals surface area contributed by atoms with Gasteiger partial charge in [-0.15, -0.1) is 11.8 Å². The topological polar surface area (TPSA) is 66.6 Å². The van der Waals surface area contributed by atoms with Crippen LogP contribution in [-0.4, -0.2) is 36.5 Å². The summed E-state index contributed by atoms with van der Waals surface area (Å²) >= 11 is 1.78. The van der Waals surface area contributed by atoms with Crippen molar-refractivity contribution in [2.45, 2.75) is 17.9 Å². The monoisotopic (exact) mass is 254 g/mol. The summed E-state index contributed by atoms with van der Waals surface area (Å²) in [5.41, 5.74) is 6.46. The second-order valence-corrected chi connectivity index (χ2v) is 5.09. The van der Waals surface area contributed by atoms with Crippen LogP contribution in [0, 0.1) is 0 Å². The van der Waals surface area contributed by atoms with Gasteiger partial charge in [0, 0.05) is 24.2 Å². The maximum absolute atomic E-state index is 10.7. The number of likely N-dealkylation sites (N-methyl/N-ethyl adjacent to an activating group) is 1. The first-order chi connectivity index (χ1) is 8.04. The molecule has 1 atom stereocenters. The lowest BCUT2D eigenvalue weighted by molar-refractivity contribution is -0.138. The van der Waals surface area contributed by atoms with Crippen molar-refractivity contribution in [3.63, 3.8) is 0 Å². The third-order valence-corrected chi connectivity index (χ3v) is 3.27. The number of anilines is 1. The molecule has 5 heteroatoms. The molecule has 0 saturated heterocycles. The van der Waals surface area contributed by atoms with Gasteiger partial charge in [-0.3, -0.25) is 4.79 Å². The highest BCUT2D eigenvalue weighted by molar-refractivity contribution is 7.99. The zero-order chi connectivity index (χ0) is 12.8. The number of thioether (sulfide) groups is 1. The van der Waals surface area contributed by atoms with Gasteiger partial charge in [0.25, 0.3) is 0 Å². The Hall–Kier alpha value is -1.20. The number of rotatable bonds is 6. The van der Waals surface area contributed by atoms with Gasteiger partial charge in [0.1, 0.15) is 6.04 Å². The van der Waals surface area contributed by atoms with Crippen LogP contribution in [0.2, 0.25) is 0 Å². The summed E-state index contributed by atoms with van der Waals surface area (Å²) in [6.07, 6.45) is 0. The minimum absolute atomic E-state index is 0.301. The fourth-order valence-corrected chi connectivity index (χ4v) is 2.10. The molecule has 1 aromatic carbocycles. The maximum atomic E-state index is 10.7. The number of carboxylic acids is 1. The third-order valence-electron chi connectivity index (χ3n) is 2.38. The first-order valence-electron chi connectivity index (χ1n) is 5.47. The molecule has 0 fully saturated rings. The molecule has 0 heterocycles. The Morgan fingerprint density at radius 2 is 2.06 bits per heavy atom. The third kappa shape index (κ3) is 4.28. The number of benzene rings is 1. The molecule has 0 aliphatic rings. The van der Waals surface area contributed by atoms with E-state index in [0.29, 0.717) is 6.54 Å². The van der Waals surface area contributed by atoms with Crippen molar-refractivity contribution in [3.8, 4) is 0 Å². The molecule has 0 amide bonds. The first-order valence-corrected chi connectivity index (χ1v) is 6.45. The maximum Gasteiger partial charge on any atom is 0.322 e. The fraction of sp³-hybridized carbons (Fsp3) is 0.417. The van der Waals surface area contributed by atoms with E-state index in [0.717, 1.165) is 11.4 Å². The van der Waals surface area contributed by atoms with E-state index in [2.05, 4.69) is 6.92 Å².